The lowest BCUT2D eigenvalue weighted by Crippen LogP contribution is -2.15. The molecule has 0 fully saturated rings. The number of non-ortho nitro benzene ring substituents is 1. The lowest BCUT2D eigenvalue weighted by Gasteiger charge is -2.20. The third-order valence-corrected chi connectivity index (χ3v) is 5.96. The van der Waals surface area contributed by atoms with Gasteiger partial charge < -0.3 is 14.2 Å². The van der Waals surface area contributed by atoms with Crippen molar-refractivity contribution in [3.8, 4) is 16.3 Å². The highest BCUT2D eigenvalue weighted by atomic mass is 32.1. The molecular weight excluding hydrogens is 404 g/mol. The maximum Gasteiger partial charge on any atom is 0.350 e. The fraction of sp³-hybridized carbons (Fsp3) is 0.222. The number of carbonyl (C=O) groups excluding carboxylic acids is 1. The minimum absolute atomic E-state index is 0.0453. The molecule has 0 saturated heterocycles. The maximum absolute atomic E-state index is 12.6. The quantitative estimate of drug-likeness (QED) is 0.346. The molecule has 1 aliphatic heterocycles. The first-order chi connectivity index (χ1) is 13.5. The van der Waals surface area contributed by atoms with Crippen LogP contribution in [0.2, 0.25) is 0 Å². The number of hydrogen-bond acceptors (Lipinski definition) is 9. The Morgan fingerprint density at radius 2 is 2.29 bits per heavy atom. The van der Waals surface area contributed by atoms with Crippen molar-refractivity contribution in [2.45, 2.75) is 20.1 Å². The maximum atomic E-state index is 12.6. The van der Waals surface area contributed by atoms with Crippen LogP contribution in [0.15, 0.2) is 29.0 Å². The molecule has 1 aromatic carbocycles. The second-order valence-corrected chi connectivity index (χ2v) is 7.76. The van der Waals surface area contributed by atoms with Crippen LogP contribution in [0.3, 0.4) is 0 Å². The summed E-state index contributed by atoms with van der Waals surface area (Å²) >= 11 is 2.81. The highest BCUT2D eigenvalue weighted by Crippen LogP contribution is 2.34. The summed E-state index contributed by atoms with van der Waals surface area (Å²) in [5.41, 5.74) is 2.43. The molecule has 1 aliphatic rings. The second-order valence-electron chi connectivity index (χ2n) is 5.98. The van der Waals surface area contributed by atoms with Gasteiger partial charge in [0, 0.05) is 34.2 Å². The Labute approximate surface area is 167 Å². The fourth-order valence-corrected chi connectivity index (χ4v) is 4.47. The standard InChI is InChI=1S/C18H14N2O6S2/c1-10-16(28-17(19-10)11-2-3-27-8-11)18(21)25-7-13-5-14(20(22)23)4-12-6-24-9-26-15(12)13/h2-5,8H,6-7,9H2,1H3. The van der Waals surface area contributed by atoms with Crippen LogP contribution in [0.1, 0.15) is 26.5 Å². The zero-order valence-corrected chi connectivity index (χ0v) is 16.3. The van der Waals surface area contributed by atoms with Crippen LogP contribution in [0, 0.1) is 17.0 Å². The Kier molecular flexibility index (Phi) is 5.07. The number of aryl methyl sites for hydroxylation is 1. The van der Waals surface area contributed by atoms with E-state index in [1.807, 2.05) is 16.8 Å². The van der Waals surface area contributed by atoms with Crippen molar-refractivity contribution in [3.63, 3.8) is 0 Å². The van der Waals surface area contributed by atoms with E-state index in [9.17, 15) is 14.9 Å². The number of benzene rings is 1. The Morgan fingerprint density at radius 3 is 3.04 bits per heavy atom. The van der Waals surface area contributed by atoms with Crippen LogP contribution in [0.25, 0.3) is 10.6 Å². The van der Waals surface area contributed by atoms with E-state index in [0.29, 0.717) is 27.4 Å². The minimum atomic E-state index is -0.524. The largest absolute Gasteiger partial charge is 0.467 e. The summed E-state index contributed by atoms with van der Waals surface area (Å²) in [5, 5.41) is 15.8. The zero-order chi connectivity index (χ0) is 19.7. The van der Waals surface area contributed by atoms with Crippen molar-refractivity contribution in [2.24, 2.45) is 0 Å². The van der Waals surface area contributed by atoms with Crippen LogP contribution in [-0.2, 0) is 22.7 Å². The predicted molar refractivity (Wildman–Crippen MR) is 103 cm³/mol. The highest BCUT2D eigenvalue weighted by Gasteiger charge is 2.23. The molecule has 8 nitrogen and oxygen atoms in total. The number of carbonyl (C=O) groups is 1. The van der Waals surface area contributed by atoms with E-state index in [1.54, 1.807) is 18.3 Å². The van der Waals surface area contributed by atoms with E-state index in [2.05, 4.69) is 4.98 Å². The van der Waals surface area contributed by atoms with E-state index in [1.165, 1.54) is 23.5 Å². The average molecular weight is 418 g/mol. The molecule has 0 atom stereocenters. The molecule has 144 valence electrons. The number of aromatic nitrogens is 1. The van der Waals surface area contributed by atoms with Crippen LogP contribution < -0.4 is 4.74 Å². The first kappa shape index (κ1) is 18.5. The normalized spacial score (nSPS) is 12.9. The molecule has 0 N–H and O–H groups in total. The molecule has 4 rings (SSSR count). The monoisotopic (exact) mass is 418 g/mol. The van der Waals surface area contributed by atoms with Gasteiger partial charge in [0.2, 0.25) is 0 Å². The smallest absolute Gasteiger partial charge is 0.350 e. The molecule has 3 heterocycles. The molecule has 0 aliphatic carbocycles. The molecule has 0 spiro atoms. The fourth-order valence-electron chi connectivity index (χ4n) is 2.80. The zero-order valence-electron chi connectivity index (χ0n) is 14.7. The van der Waals surface area contributed by atoms with Gasteiger partial charge in [-0.25, -0.2) is 9.78 Å². The number of rotatable bonds is 5. The van der Waals surface area contributed by atoms with Crippen molar-refractivity contribution in [2.75, 3.05) is 6.79 Å². The van der Waals surface area contributed by atoms with Gasteiger partial charge in [-0.3, -0.25) is 10.1 Å². The number of nitrogens with zero attached hydrogens (tertiary/aromatic N) is 2. The van der Waals surface area contributed by atoms with Gasteiger partial charge in [-0.2, -0.15) is 11.3 Å². The van der Waals surface area contributed by atoms with Crippen molar-refractivity contribution < 1.29 is 23.9 Å². The summed E-state index contributed by atoms with van der Waals surface area (Å²) in [5.74, 6) is -0.0616. The molecule has 0 unspecified atom stereocenters. The summed E-state index contributed by atoms with van der Waals surface area (Å²) in [6.45, 7) is 1.85. The van der Waals surface area contributed by atoms with Gasteiger partial charge in [-0.05, 0) is 18.4 Å². The Hall–Kier alpha value is -2.82. The molecular formula is C18H14N2O6S2. The number of ether oxygens (including phenoxy) is 3. The molecule has 2 aromatic heterocycles. The van der Waals surface area contributed by atoms with E-state index < -0.39 is 10.9 Å². The van der Waals surface area contributed by atoms with Crippen molar-refractivity contribution >= 4 is 34.3 Å². The third kappa shape index (κ3) is 3.61. The van der Waals surface area contributed by atoms with E-state index in [-0.39, 0.29) is 25.7 Å². The number of hydrogen-bond donors (Lipinski definition) is 0. The molecule has 3 aromatic rings. The molecule has 0 bridgehead atoms. The molecule has 0 radical (unpaired) electrons. The average Bonchev–Trinajstić information content (AvgIpc) is 3.35. The minimum Gasteiger partial charge on any atom is -0.467 e. The molecule has 0 saturated carbocycles. The van der Waals surface area contributed by atoms with Gasteiger partial charge in [-0.15, -0.1) is 11.3 Å². The molecule has 28 heavy (non-hydrogen) atoms. The predicted octanol–water partition coefficient (Wildman–Crippen LogP) is 4.31. The second kappa shape index (κ2) is 7.66. The summed E-state index contributed by atoms with van der Waals surface area (Å²) in [7, 11) is 0. The summed E-state index contributed by atoms with van der Waals surface area (Å²) in [6.07, 6.45) is 0. The number of fused-ring (bicyclic) bond motifs is 1. The van der Waals surface area contributed by atoms with E-state index in [4.69, 9.17) is 14.2 Å². The lowest BCUT2D eigenvalue weighted by molar-refractivity contribution is -0.385. The summed E-state index contributed by atoms with van der Waals surface area (Å²) < 4.78 is 16.1. The lowest BCUT2D eigenvalue weighted by atomic mass is 10.1. The number of esters is 1. The van der Waals surface area contributed by atoms with E-state index in [0.717, 1.165) is 10.6 Å². The van der Waals surface area contributed by atoms with Gasteiger partial charge >= 0.3 is 5.97 Å². The SMILES string of the molecule is Cc1nc(-c2ccsc2)sc1C(=O)OCc1cc([N+](=O)[O-])cc2c1OCOC2. The number of nitro benzene ring substituents is 1. The van der Waals surface area contributed by atoms with Crippen LogP contribution in [0.5, 0.6) is 5.75 Å². The molecule has 0 amide bonds. The van der Waals surface area contributed by atoms with Crippen molar-refractivity contribution in [1.29, 1.82) is 0 Å². The summed E-state index contributed by atoms with van der Waals surface area (Å²) in [4.78, 5) is 28.1. The van der Waals surface area contributed by atoms with Gasteiger partial charge in [0.1, 0.15) is 22.2 Å². The number of nitro groups is 1. The Balaban J connectivity index is 1.55. The topological polar surface area (TPSA) is 101 Å². The van der Waals surface area contributed by atoms with E-state index >= 15 is 0 Å². The Morgan fingerprint density at radius 1 is 1.43 bits per heavy atom. The van der Waals surface area contributed by atoms with Gasteiger partial charge in [-0.1, -0.05) is 0 Å². The first-order valence-corrected chi connectivity index (χ1v) is 9.96. The number of thiazole rings is 1. The van der Waals surface area contributed by atoms with Crippen LogP contribution >= 0.6 is 22.7 Å². The third-order valence-electron chi connectivity index (χ3n) is 4.09. The Bertz CT molecular complexity index is 1040. The van der Waals surface area contributed by atoms with Crippen molar-refractivity contribution in [3.05, 3.63) is 60.8 Å². The summed E-state index contributed by atoms with van der Waals surface area (Å²) in [6, 6.07) is 4.70. The van der Waals surface area contributed by atoms with Crippen LogP contribution in [0.4, 0.5) is 5.69 Å². The van der Waals surface area contributed by atoms with Crippen LogP contribution in [-0.4, -0.2) is 22.7 Å². The molecule has 10 heteroatoms. The van der Waals surface area contributed by atoms with Gasteiger partial charge in [0.25, 0.3) is 5.69 Å². The highest BCUT2D eigenvalue weighted by molar-refractivity contribution is 7.17. The van der Waals surface area contributed by atoms with Gasteiger partial charge in [0.05, 0.1) is 17.2 Å². The van der Waals surface area contributed by atoms with Crippen molar-refractivity contribution in [1.82, 2.24) is 4.98 Å². The first-order valence-electron chi connectivity index (χ1n) is 8.21. The number of thiophene rings is 1. The van der Waals surface area contributed by atoms with Gasteiger partial charge in [0.15, 0.2) is 6.79 Å².